The molecule has 3 nitrogen and oxygen atoms in total. The normalized spacial score (nSPS) is 29.6. The summed E-state index contributed by atoms with van der Waals surface area (Å²) in [6.45, 7) is 8.23. The second kappa shape index (κ2) is 7.02. The van der Waals surface area contributed by atoms with Gasteiger partial charge in [-0.3, -0.25) is 4.98 Å². The van der Waals surface area contributed by atoms with Gasteiger partial charge in [0.05, 0.1) is 11.6 Å². The van der Waals surface area contributed by atoms with E-state index in [4.69, 9.17) is 0 Å². The van der Waals surface area contributed by atoms with Crippen molar-refractivity contribution < 1.29 is 8.94 Å². The average Bonchev–Trinajstić information content (AvgIpc) is 3.10. The predicted octanol–water partition coefficient (Wildman–Crippen LogP) is 4.94. The van der Waals surface area contributed by atoms with Gasteiger partial charge in [-0.15, -0.1) is 4.72 Å². The molecular formula is C22H29FN2OS. The first-order valence-corrected chi connectivity index (χ1v) is 11.2. The van der Waals surface area contributed by atoms with Gasteiger partial charge in [-0.2, -0.15) is 0 Å². The Morgan fingerprint density at radius 1 is 1.26 bits per heavy atom. The highest BCUT2D eigenvalue weighted by molar-refractivity contribution is 7.90. The van der Waals surface area contributed by atoms with Gasteiger partial charge < -0.3 is 4.55 Å². The van der Waals surface area contributed by atoms with Gasteiger partial charge >= 0.3 is 0 Å². The van der Waals surface area contributed by atoms with Crippen molar-refractivity contribution >= 4 is 22.3 Å². The molecule has 2 aromatic rings. The summed E-state index contributed by atoms with van der Waals surface area (Å²) >= 11 is -1.02. The van der Waals surface area contributed by atoms with Crippen LogP contribution in [0.2, 0.25) is 0 Å². The third kappa shape index (κ3) is 3.62. The molecule has 27 heavy (non-hydrogen) atoms. The number of nitrogens with zero attached hydrogens (tertiary/aromatic N) is 1. The maximum absolute atomic E-state index is 13.8. The molecule has 6 atom stereocenters. The fourth-order valence-electron chi connectivity index (χ4n) is 4.99. The average molecular weight is 389 g/mol. The van der Waals surface area contributed by atoms with Gasteiger partial charge in [-0.1, -0.05) is 6.92 Å². The number of aromatic nitrogens is 1. The van der Waals surface area contributed by atoms with E-state index in [2.05, 4.69) is 22.7 Å². The molecule has 2 fully saturated rings. The standard InChI is InChI=1S/C22H29FN2OS/c1-5-19(25-27(26)22(2,3)4)21-17-10-13(11-18(17)21)15-8-9-24-20-7-6-14(23)12-16(15)20/h6-9,12-13,17-19,21,25H,5,10-11H2,1-4H3/t13-,17-,18+,19-,21+,27?/m1/s1. The molecule has 0 amide bonds. The van der Waals surface area contributed by atoms with Gasteiger partial charge in [0.15, 0.2) is 0 Å². The molecule has 146 valence electrons. The van der Waals surface area contributed by atoms with Crippen molar-refractivity contribution in [3.8, 4) is 0 Å². The lowest BCUT2D eigenvalue weighted by Gasteiger charge is -2.29. The minimum Gasteiger partial charge on any atom is -0.598 e. The van der Waals surface area contributed by atoms with Crippen molar-refractivity contribution in [2.24, 2.45) is 17.8 Å². The van der Waals surface area contributed by atoms with Crippen LogP contribution in [-0.2, 0) is 11.4 Å². The molecule has 4 rings (SSSR count). The van der Waals surface area contributed by atoms with Gasteiger partial charge in [0.25, 0.3) is 0 Å². The second-order valence-electron chi connectivity index (χ2n) is 9.15. The molecule has 1 aromatic carbocycles. The van der Waals surface area contributed by atoms with E-state index in [-0.39, 0.29) is 10.6 Å². The van der Waals surface area contributed by atoms with Crippen LogP contribution >= 0.6 is 0 Å². The molecule has 0 aliphatic heterocycles. The Kier molecular flexibility index (Phi) is 4.98. The lowest BCUT2D eigenvalue weighted by Crippen LogP contribution is -2.46. The van der Waals surface area contributed by atoms with Crippen LogP contribution < -0.4 is 4.72 Å². The Labute approximate surface area is 164 Å². The summed E-state index contributed by atoms with van der Waals surface area (Å²) in [5, 5.41) is 0.958. The van der Waals surface area contributed by atoms with E-state index < -0.39 is 11.4 Å². The molecule has 1 heterocycles. The highest BCUT2D eigenvalue weighted by atomic mass is 32.2. The van der Waals surface area contributed by atoms with Crippen LogP contribution in [0.1, 0.15) is 58.4 Å². The molecule has 5 heteroatoms. The monoisotopic (exact) mass is 388 g/mol. The minimum atomic E-state index is -1.02. The zero-order chi connectivity index (χ0) is 19.3. The molecule has 2 aliphatic carbocycles. The Morgan fingerprint density at radius 2 is 1.96 bits per heavy atom. The minimum absolute atomic E-state index is 0.197. The van der Waals surface area contributed by atoms with E-state index in [1.807, 2.05) is 27.0 Å². The van der Waals surface area contributed by atoms with Gasteiger partial charge in [0.2, 0.25) is 0 Å². The molecule has 2 saturated carbocycles. The van der Waals surface area contributed by atoms with Crippen molar-refractivity contribution in [1.82, 2.24) is 9.71 Å². The maximum atomic E-state index is 13.8. The topological polar surface area (TPSA) is 48.0 Å². The zero-order valence-electron chi connectivity index (χ0n) is 16.5. The van der Waals surface area contributed by atoms with Crippen LogP contribution in [0, 0.1) is 23.6 Å². The first-order chi connectivity index (χ1) is 12.8. The summed E-state index contributed by atoms with van der Waals surface area (Å²) in [5.74, 6) is 2.30. The molecule has 0 saturated heterocycles. The number of fused-ring (bicyclic) bond motifs is 2. The zero-order valence-corrected chi connectivity index (χ0v) is 17.4. The Bertz CT molecular complexity index is 825. The number of benzene rings is 1. The van der Waals surface area contributed by atoms with Crippen LogP contribution in [0.3, 0.4) is 0 Å². The summed E-state index contributed by atoms with van der Waals surface area (Å²) in [6, 6.07) is 7.27. The summed E-state index contributed by atoms with van der Waals surface area (Å²) in [4.78, 5) is 4.39. The lowest BCUT2D eigenvalue weighted by molar-refractivity contribution is 0.418. The van der Waals surface area contributed by atoms with E-state index in [9.17, 15) is 8.94 Å². The number of rotatable bonds is 5. The van der Waals surface area contributed by atoms with Crippen LogP contribution in [0.5, 0.6) is 0 Å². The van der Waals surface area contributed by atoms with Crippen LogP contribution in [-0.4, -0.2) is 20.3 Å². The number of hydrogen-bond acceptors (Lipinski definition) is 3. The highest BCUT2D eigenvalue weighted by Gasteiger charge is 2.59. The molecule has 1 unspecified atom stereocenters. The predicted molar refractivity (Wildman–Crippen MR) is 109 cm³/mol. The number of halogens is 1. The Balaban J connectivity index is 1.46. The van der Waals surface area contributed by atoms with Gasteiger partial charge in [0, 0.05) is 22.9 Å². The Morgan fingerprint density at radius 3 is 2.59 bits per heavy atom. The van der Waals surface area contributed by atoms with E-state index in [1.165, 1.54) is 11.6 Å². The first-order valence-electron chi connectivity index (χ1n) is 10.0. The number of pyridine rings is 1. The van der Waals surface area contributed by atoms with Crippen LogP contribution in [0.25, 0.3) is 10.9 Å². The lowest BCUT2D eigenvalue weighted by atomic mass is 9.88. The molecular weight excluding hydrogens is 359 g/mol. The van der Waals surface area contributed by atoms with Crippen LogP contribution in [0.4, 0.5) is 4.39 Å². The van der Waals surface area contributed by atoms with Crippen molar-refractivity contribution in [2.45, 2.75) is 63.7 Å². The van der Waals surface area contributed by atoms with Gasteiger partial charge in [-0.05, 0) is 93.5 Å². The second-order valence-corrected chi connectivity index (χ2v) is 11.1. The van der Waals surface area contributed by atoms with Gasteiger partial charge in [0.1, 0.15) is 10.6 Å². The summed E-state index contributed by atoms with van der Waals surface area (Å²) in [6.07, 6.45) is 5.14. The third-order valence-corrected chi connectivity index (χ3v) is 8.04. The largest absolute Gasteiger partial charge is 0.598 e. The smallest absolute Gasteiger partial charge is 0.136 e. The Hall–Kier alpha value is -1.17. The highest BCUT2D eigenvalue weighted by Crippen LogP contribution is 2.64. The van der Waals surface area contributed by atoms with Crippen LogP contribution in [0.15, 0.2) is 30.5 Å². The summed E-state index contributed by atoms with van der Waals surface area (Å²) in [7, 11) is 0. The van der Waals surface area contributed by atoms with Crippen molar-refractivity contribution in [1.29, 1.82) is 0 Å². The molecule has 0 radical (unpaired) electrons. The third-order valence-electron chi connectivity index (χ3n) is 6.41. The molecule has 1 N–H and O–H groups in total. The fourth-order valence-corrected chi connectivity index (χ4v) is 5.94. The first kappa shape index (κ1) is 19.2. The van der Waals surface area contributed by atoms with E-state index in [1.54, 1.807) is 12.1 Å². The number of nitrogens with one attached hydrogen (secondary N) is 1. The van der Waals surface area contributed by atoms with Crippen molar-refractivity contribution in [2.75, 3.05) is 0 Å². The van der Waals surface area contributed by atoms with E-state index >= 15 is 0 Å². The molecule has 0 spiro atoms. The van der Waals surface area contributed by atoms with Crippen molar-refractivity contribution in [3.63, 3.8) is 0 Å². The molecule has 2 aliphatic rings. The molecule has 0 bridgehead atoms. The summed E-state index contributed by atoms with van der Waals surface area (Å²) in [5.41, 5.74) is 2.12. The van der Waals surface area contributed by atoms with E-state index in [0.29, 0.717) is 29.7 Å². The SMILES string of the molecule is CC[C@@H](N[S+]([O-])C(C)(C)C)[C@H]1[C@@H]2C[C@@H](c3ccnc4ccc(F)cc34)C[C@@H]21. The van der Waals surface area contributed by atoms with Crippen molar-refractivity contribution in [3.05, 3.63) is 41.8 Å². The fraction of sp³-hybridized carbons (Fsp3) is 0.591. The quantitative estimate of drug-likeness (QED) is 0.738. The van der Waals surface area contributed by atoms with Gasteiger partial charge in [-0.25, -0.2) is 4.39 Å². The van der Waals surface area contributed by atoms with E-state index in [0.717, 1.165) is 30.2 Å². The number of hydrogen-bond donors (Lipinski definition) is 1. The maximum Gasteiger partial charge on any atom is 0.136 e. The summed E-state index contributed by atoms with van der Waals surface area (Å²) < 4.78 is 29.4. The molecule has 1 aromatic heterocycles.